The van der Waals surface area contributed by atoms with Gasteiger partial charge >= 0.3 is 18.0 Å². The van der Waals surface area contributed by atoms with Crippen molar-refractivity contribution in [3.8, 4) is 0 Å². The highest BCUT2D eigenvalue weighted by Gasteiger charge is 2.46. The standard InChI is InChI=1S/C22H28N2O8/c1-22(17(25)12-16(20(29)30)8-9-19(27)28)10-5-11-24(22)18(26)13-23-21(31)32-14-15-6-3-2-4-7-15/h2-4,6-7,16H,5,8-14H2,1H3,(H,23,31)(H,27,28)(H,29,30)/t16?,22-/m0/s1. The maximum atomic E-state index is 12.9. The van der Waals surface area contributed by atoms with Crippen molar-refractivity contribution in [3.63, 3.8) is 0 Å². The molecule has 10 nitrogen and oxygen atoms in total. The van der Waals surface area contributed by atoms with Gasteiger partial charge in [-0.3, -0.25) is 19.2 Å². The molecule has 1 heterocycles. The van der Waals surface area contributed by atoms with Gasteiger partial charge in [0.2, 0.25) is 5.91 Å². The fourth-order valence-corrected chi connectivity index (χ4v) is 3.72. The minimum atomic E-state index is -1.25. The summed E-state index contributed by atoms with van der Waals surface area (Å²) < 4.78 is 5.06. The molecule has 1 aromatic rings. The lowest BCUT2D eigenvalue weighted by atomic mass is 9.85. The molecule has 1 aliphatic heterocycles. The summed E-state index contributed by atoms with van der Waals surface area (Å²) in [7, 11) is 0. The Morgan fingerprint density at radius 3 is 2.47 bits per heavy atom. The molecular formula is C22H28N2O8. The number of nitrogens with zero attached hydrogens (tertiary/aromatic N) is 1. The van der Waals surface area contributed by atoms with Crippen LogP contribution in [-0.4, -0.2) is 63.5 Å². The topological polar surface area (TPSA) is 150 Å². The normalized spacial score (nSPS) is 18.6. The zero-order valence-electron chi connectivity index (χ0n) is 17.9. The molecule has 3 N–H and O–H groups in total. The quantitative estimate of drug-likeness (QED) is 0.464. The van der Waals surface area contributed by atoms with E-state index in [9.17, 15) is 29.1 Å². The number of carbonyl (C=O) groups is 5. The number of alkyl carbamates (subject to hydrolysis) is 1. The number of ketones is 1. The van der Waals surface area contributed by atoms with Crippen LogP contribution in [0.1, 0.15) is 44.6 Å². The molecule has 10 heteroatoms. The predicted molar refractivity (Wildman–Crippen MR) is 112 cm³/mol. The lowest BCUT2D eigenvalue weighted by molar-refractivity contribution is -0.148. The Bertz CT molecular complexity index is 857. The summed E-state index contributed by atoms with van der Waals surface area (Å²) in [6.07, 6.45) is -0.752. The number of amides is 2. The van der Waals surface area contributed by atoms with Gasteiger partial charge in [-0.05, 0) is 31.7 Å². The molecule has 0 aromatic heterocycles. The largest absolute Gasteiger partial charge is 0.481 e. The second kappa shape index (κ2) is 11.3. The van der Waals surface area contributed by atoms with Gasteiger partial charge in [0.1, 0.15) is 13.2 Å². The molecule has 1 aliphatic rings. The number of benzene rings is 1. The number of likely N-dealkylation sites (tertiary alicyclic amines) is 1. The van der Waals surface area contributed by atoms with Gasteiger partial charge in [-0.25, -0.2) is 4.79 Å². The first-order valence-electron chi connectivity index (χ1n) is 10.4. The van der Waals surface area contributed by atoms with Crippen LogP contribution in [0.3, 0.4) is 0 Å². The van der Waals surface area contributed by atoms with Gasteiger partial charge in [-0.1, -0.05) is 30.3 Å². The Kier molecular flexibility index (Phi) is 8.74. The average molecular weight is 448 g/mol. The van der Waals surface area contributed by atoms with Crippen molar-refractivity contribution in [1.29, 1.82) is 0 Å². The van der Waals surface area contributed by atoms with Crippen molar-refractivity contribution < 1.29 is 38.9 Å². The summed E-state index contributed by atoms with van der Waals surface area (Å²) in [6, 6.07) is 9.03. The molecule has 1 aromatic carbocycles. The zero-order chi connectivity index (χ0) is 23.7. The first-order valence-corrected chi connectivity index (χ1v) is 10.4. The highest BCUT2D eigenvalue weighted by Crippen LogP contribution is 2.32. The molecule has 1 fully saturated rings. The Balaban J connectivity index is 1.91. The van der Waals surface area contributed by atoms with E-state index in [-0.39, 0.29) is 32.4 Å². The average Bonchev–Trinajstić information content (AvgIpc) is 3.16. The molecule has 0 aliphatic carbocycles. The highest BCUT2D eigenvalue weighted by molar-refractivity contribution is 5.96. The van der Waals surface area contributed by atoms with Crippen LogP contribution in [0, 0.1) is 5.92 Å². The Labute approximate surface area is 185 Å². The van der Waals surface area contributed by atoms with Gasteiger partial charge in [0, 0.05) is 19.4 Å². The number of hydrogen-bond acceptors (Lipinski definition) is 6. The number of carboxylic acid groups (broad SMARTS) is 2. The first-order chi connectivity index (χ1) is 15.1. The molecule has 2 amide bonds. The Morgan fingerprint density at radius 1 is 1.16 bits per heavy atom. The fraction of sp³-hybridized carbons (Fsp3) is 0.500. The van der Waals surface area contributed by atoms with Gasteiger partial charge in [0.25, 0.3) is 0 Å². The highest BCUT2D eigenvalue weighted by atomic mass is 16.5. The second-order valence-electron chi connectivity index (χ2n) is 7.93. The third-order valence-electron chi connectivity index (χ3n) is 5.63. The van der Waals surface area contributed by atoms with Crippen LogP contribution in [0.2, 0.25) is 0 Å². The van der Waals surface area contributed by atoms with Crippen LogP contribution in [0.5, 0.6) is 0 Å². The third-order valence-corrected chi connectivity index (χ3v) is 5.63. The molecule has 174 valence electrons. The van der Waals surface area contributed by atoms with Crippen molar-refractivity contribution in [3.05, 3.63) is 35.9 Å². The number of ether oxygens (including phenoxy) is 1. The number of rotatable bonds is 11. The first kappa shape index (κ1) is 24.8. The molecule has 32 heavy (non-hydrogen) atoms. The van der Waals surface area contributed by atoms with Gasteiger partial charge < -0.3 is 25.2 Å². The molecular weight excluding hydrogens is 420 g/mol. The van der Waals surface area contributed by atoms with E-state index in [4.69, 9.17) is 9.84 Å². The van der Waals surface area contributed by atoms with Gasteiger partial charge in [0.05, 0.1) is 11.5 Å². The van der Waals surface area contributed by atoms with Crippen LogP contribution in [0.15, 0.2) is 30.3 Å². The van der Waals surface area contributed by atoms with E-state index in [1.165, 1.54) is 4.90 Å². The smallest absolute Gasteiger partial charge is 0.407 e. The lowest BCUT2D eigenvalue weighted by Gasteiger charge is -2.34. The minimum absolute atomic E-state index is 0.0493. The van der Waals surface area contributed by atoms with Crippen molar-refractivity contribution in [2.75, 3.05) is 13.1 Å². The molecule has 0 radical (unpaired) electrons. The third kappa shape index (κ3) is 6.79. The van der Waals surface area contributed by atoms with Crippen molar-refractivity contribution >= 4 is 29.7 Å². The lowest BCUT2D eigenvalue weighted by Crippen LogP contribution is -2.54. The number of aliphatic carboxylic acids is 2. The van der Waals surface area contributed by atoms with E-state index < -0.39 is 41.2 Å². The van der Waals surface area contributed by atoms with Gasteiger partial charge in [-0.15, -0.1) is 0 Å². The second-order valence-corrected chi connectivity index (χ2v) is 7.93. The van der Waals surface area contributed by atoms with Crippen molar-refractivity contribution in [1.82, 2.24) is 10.2 Å². The molecule has 1 unspecified atom stereocenters. The fourth-order valence-electron chi connectivity index (χ4n) is 3.72. The Morgan fingerprint density at radius 2 is 1.84 bits per heavy atom. The molecule has 0 saturated carbocycles. The van der Waals surface area contributed by atoms with E-state index in [0.29, 0.717) is 19.4 Å². The number of carbonyl (C=O) groups excluding carboxylic acids is 3. The van der Waals surface area contributed by atoms with Crippen LogP contribution in [0.4, 0.5) is 4.79 Å². The van der Waals surface area contributed by atoms with Crippen LogP contribution >= 0.6 is 0 Å². The minimum Gasteiger partial charge on any atom is -0.481 e. The molecule has 2 atom stereocenters. The summed E-state index contributed by atoms with van der Waals surface area (Å²) in [4.78, 5) is 61.0. The van der Waals surface area contributed by atoms with E-state index in [0.717, 1.165) is 5.56 Å². The van der Waals surface area contributed by atoms with Crippen molar-refractivity contribution in [2.24, 2.45) is 5.92 Å². The number of hydrogen-bond donors (Lipinski definition) is 3. The summed E-state index contributed by atoms with van der Waals surface area (Å²) in [5.74, 6) is -4.45. The van der Waals surface area contributed by atoms with E-state index in [2.05, 4.69) is 5.32 Å². The Hall–Kier alpha value is -3.43. The molecule has 0 bridgehead atoms. The van der Waals surface area contributed by atoms with E-state index >= 15 is 0 Å². The maximum Gasteiger partial charge on any atom is 0.407 e. The molecule has 1 saturated heterocycles. The van der Waals surface area contributed by atoms with Crippen LogP contribution in [-0.2, 0) is 30.5 Å². The van der Waals surface area contributed by atoms with Gasteiger partial charge in [0.15, 0.2) is 5.78 Å². The van der Waals surface area contributed by atoms with Crippen molar-refractivity contribution in [2.45, 2.75) is 51.2 Å². The number of nitrogens with one attached hydrogen (secondary N) is 1. The summed E-state index contributed by atoms with van der Waals surface area (Å²) in [6.45, 7) is 1.56. The summed E-state index contributed by atoms with van der Waals surface area (Å²) in [5, 5.41) is 20.5. The van der Waals surface area contributed by atoms with E-state index in [1.54, 1.807) is 19.1 Å². The number of carboxylic acids is 2. The summed E-state index contributed by atoms with van der Waals surface area (Å²) >= 11 is 0. The monoisotopic (exact) mass is 448 g/mol. The summed E-state index contributed by atoms with van der Waals surface area (Å²) in [5.41, 5.74) is -0.411. The number of Topliss-reactive ketones (excluding diaryl/α,β-unsaturated/α-hetero) is 1. The van der Waals surface area contributed by atoms with E-state index in [1.807, 2.05) is 18.2 Å². The van der Waals surface area contributed by atoms with Crippen LogP contribution in [0.25, 0.3) is 0 Å². The molecule has 2 rings (SSSR count). The SMILES string of the molecule is C[C@@]1(C(=O)CC(CCC(=O)O)C(=O)O)CCCN1C(=O)CNC(=O)OCc1ccccc1. The molecule has 0 spiro atoms. The van der Waals surface area contributed by atoms with Gasteiger partial charge in [-0.2, -0.15) is 0 Å². The maximum absolute atomic E-state index is 12.9. The zero-order valence-corrected chi connectivity index (χ0v) is 17.9. The predicted octanol–water partition coefficient (Wildman–Crippen LogP) is 1.82. The van der Waals surface area contributed by atoms with Crippen LogP contribution < -0.4 is 5.32 Å².